The molecule has 21 heavy (non-hydrogen) atoms. The Kier molecular flexibility index (Phi) is 3.01. The third kappa shape index (κ3) is 1.99. The quantitative estimate of drug-likeness (QED) is 0.695. The van der Waals surface area contributed by atoms with E-state index in [1.807, 2.05) is 0 Å². The van der Waals surface area contributed by atoms with E-state index in [1.165, 1.54) is 36.2 Å². The number of carbonyl (C=O) groups excluding carboxylic acids is 1. The van der Waals surface area contributed by atoms with Crippen molar-refractivity contribution in [1.29, 1.82) is 0 Å². The highest BCUT2D eigenvalue weighted by molar-refractivity contribution is 6.11. The molecule has 3 aromatic rings. The van der Waals surface area contributed by atoms with Crippen molar-refractivity contribution in [3.63, 3.8) is 0 Å². The topological polar surface area (TPSA) is 57.3 Å². The summed E-state index contributed by atoms with van der Waals surface area (Å²) in [5, 5.41) is 4.58. The van der Waals surface area contributed by atoms with Gasteiger partial charge < -0.3 is 9.15 Å². The van der Waals surface area contributed by atoms with Gasteiger partial charge in [-0.2, -0.15) is 5.10 Å². The van der Waals surface area contributed by atoms with Crippen LogP contribution in [0.15, 0.2) is 28.8 Å². The minimum absolute atomic E-state index is 0.164. The first-order valence-corrected chi connectivity index (χ1v) is 6.32. The average molecular weight is 288 g/mol. The van der Waals surface area contributed by atoms with Crippen molar-refractivity contribution < 1.29 is 18.3 Å². The molecule has 3 rings (SSSR count). The molecule has 0 bridgehead atoms. The van der Waals surface area contributed by atoms with E-state index in [9.17, 15) is 9.18 Å². The molecule has 0 amide bonds. The van der Waals surface area contributed by atoms with Crippen LogP contribution in [0.25, 0.3) is 11.0 Å². The van der Waals surface area contributed by atoms with Crippen LogP contribution in [0.4, 0.5) is 4.39 Å². The van der Waals surface area contributed by atoms with E-state index in [4.69, 9.17) is 9.15 Å². The van der Waals surface area contributed by atoms with E-state index in [0.29, 0.717) is 28.0 Å². The molecule has 6 heteroatoms. The Labute approximate surface area is 119 Å². The Morgan fingerprint density at radius 3 is 2.90 bits per heavy atom. The van der Waals surface area contributed by atoms with Crippen LogP contribution < -0.4 is 4.74 Å². The van der Waals surface area contributed by atoms with Crippen LogP contribution in [0.5, 0.6) is 5.75 Å². The van der Waals surface area contributed by atoms with Crippen LogP contribution in [-0.2, 0) is 7.05 Å². The van der Waals surface area contributed by atoms with E-state index in [2.05, 4.69) is 5.10 Å². The zero-order valence-corrected chi connectivity index (χ0v) is 11.8. The summed E-state index contributed by atoms with van der Waals surface area (Å²) in [6, 6.07) is 4.16. The minimum Gasteiger partial charge on any atom is -0.493 e. The summed E-state index contributed by atoms with van der Waals surface area (Å²) in [5.74, 6) is -0.185. The summed E-state index contributed by atoms with van der Waals surface area (Å²) in [5.41, 5.74) is 1.36. The van der Waals surface area contributed by atoms with Crippen molar-refractivity contribution in [3.8, 4) is 5.75 Å². The number of halogens is 1. The van der Waals surface area contributed by atoms with E-state index >= 15 is 0 Å². The Bertz CT molecular complexity index is 848. The molecule has 108 valence electrons. The molecule has 0 unspecified atom stereocenters. The first kappa shape index (κ1) is 13.4. The predicted octanol–water partition coefficient (Wildman–Crippen LogP) is 2.85. The van der Waals surface area contributed by atoms with Crippen LogP contribution in [0.1, 0.15) is 21.8 Å². The van der Waals surface area contributed by atoms with Crippen molar-refractivity contribution >= 4 is 16.8 Å². The van der Waals surface area contributed by atoms with Gasteiger partial charge in [0.1, 0.15) is 11.4 Å². The zero-order valence-electron chi connectivity index (χ0n) is 11.8. The molecular formula is C15H13FN2O3. The third-order valence-corrected chi connectivity index (χ3v) is 3.44. The second kappa shape index (κ2) is 4.73. The maximum Gasteiger partial charge on any atom is 0.250 e. The molecule has 5 nitrogen and oxygen atoms in total. The molecule has 0 atom stereocenters. The summed E-state index contributed by atoms with van der Waals surface area (Å²) >= 11 is 0. The van der Waals surface area contributed by atoms with Crippen molar-refractivity contribution in [2.45, 2.75) is 6.92 Å². The van der Waals surface area contributed by atoms with Gasteiger partial charge >= 0.3 is 0 Å². The molecule has 0 aliphatic rings. The molecule has 0 saturated carbocycles. The van der Waals surface area contributed by atoms with Crippen molar-refractivity contribution in [1.82, 2.24) is 9.78 Å². The lowest BCUT2D eigenvalue weighted by Crippen LogP contribution is -2.09. The number of rotatable bonds is 3. The molecule has 0 spiro atoms. The number of benzene rings is 1. The fraction of sp³-hybridized carbons (Fsp3) is 0.200. The van der Waals surface area contributed by atoms with Gasteiger partial charge in [0, 0.05) is 18.0 Å². The monoisotopic (exact) mass is 288 g/mol. The van der Waals surface area contributed by atoms with Crippen LogP contribution in [-0.4, -0.2) is 22.7 Å². The van der Waals surface area contributed by atoms with Crippen LogP contribution >= 0.6 is 0 Å². The fourth-order valence-corrected chi connectivity index (χ4v) is 2.34. The summed E-state index contributed by atoms with van der Waals surface area (Å²) < 4.78 is 25.5. The maximum absolute atomic E-state index is 13.3. The second-order valence-electron chi connectivity index (χ2n) is 4.71. The molecule has 0 saturated heterocycles. The van der Waals surface area contributed by atoms with E-state index in [-0.39, 0.29) is 17.4 Å². The summed E-state index contributed by atoms with van der Waals surface area (Å²) in [7, 11) is 3.11. The van der Waals surface area contributed by atoms with Crippen LogP contribution in [0.3, 0.4) is 0 Å². The molecular weight excluding hydrogens is 275 g/mol. The predicted molar refractivity (Wildman–Crippen MR) is 74.1 cm³/mol. The standard InChI is InChI=1S/C15H13FN2O3/c1-8-10-6-9(16)4-5-11(10)21-15(8)14(19)13-12(20-3)7-17-18(13)2/h4-7H,1-3H3. The van der Waals surface area contributed by atoms with E-state index in [0.717, 1.165) is 0 Å². The van der Waals surface area contributed by atoms with Gasteiger partial charge in [0.15, 0.2) is 17.2 Å². The summed E-state index contributed by atoms with van der Waals surface area (Å²) in [6.45, 7) is 1.72. The number of ketones is 1. The van der Waals surface area contributed by atoms with Gasteiger partial charge in [-0.25, -0.2) is 4.39 Å². The average Bonchev–Trinajstić information content (AvgIpc) is 2.99. The largest absolute Gasteiger partial charge is 0.493 e. The molecule has 0 radical (unpaired) electrons. The number of hydrogen-bond donors (Lipinski definition) is 0. The van der Waals surface area contributed by atoms with Gasteiger partial charge in [0.25, 0.3) is 0 Å². The minimum atomic E-state index is -0.372. The Morgan fingerprint density at radius 1 is 1.43 bits per heavy atom. The highest BCUT2D eigenvalue weighted by Crippen LogP contribution is 2.29. The number of nitrogens with zero attached hydrogens (tertiary/aromatic N) is 2. The number of aryl methyl sites for hydroxylation is 2. The molecule has 0 aliphatic heterocycles. The Morgan fingerprint density at radius 2 is 2.19 bits per heavy atom. The number of aromatic nitrogens is 2. The number of carbonyl (C=O) groups is 1. The lowest BCUT2D eigenvalue weighted by molar-refractivity contribution is 0.0998. The Balaban J connectivity index is 2.18. The highest BCUT2D eigenvalue weighted by atomic mass is 19.1. The first-order valence-electron chi connectivity index (χ1n) is 6.32. The lowest BCUT2D eigenvalue weighted by Gasteiger charge is -2.03. The van der Waals surface area contributed by atoms with Gasteiger partial charge in [0.2, 0.25) is 5.78 Å². The van der Waals surface area contributed by atoms with E-state index < -0.39 is 0 Å². The number of hydrogen-bond acceptors (Lipinski definition) is 4. The number of ether oxygens (including phenoxy) is 1. The van der Waals surface area contributed by atoms with Gasteiger partial charge in [0.05, 0.1) is 13.3 Å². The molecule has 0 aliphatic carbocycles. The van der Waals surface area contributed by atoms with Crippen molar-refractivity contribution in [2.75, 3.05) is 7.11 Å². The second-order valence-corrected chi connectivity index (χ2v) is 4.71. The highest BCUT2D eigenvalue weighted by Gasteiger charge is 2.25. The van der Waals surface area contributed by atoms with Gasteiger partial charge in [-0.15, -0.1) is 0 Å². The number of fused-ring (bicyclic) bond motifs is 1. The molecule has 0 fully saturated rings. The summed E-state index contributed by atoms with van der Waals surface area (Å²) in [6.07, 6.45) is 1.46. The Hall–Kier alpha value is -2.63. The summed E-state index contributed by atoms with van der Waals surface area (Å²) in [4.78, 5) is 12.7. The maximum atomic E-state index is 13.3. The molecule has 0 N–H and O–H groups in total. The molecule has 1 aromatic carbocycles. The number of furan rings is 1. The molecule has 2 aromatic heterocycles. The van der Waals surface area contributed by atoms with Gasteiger partial charge in [-0.1, -0.05) is 0 Å². The molecule has 2 heterocycles. The fourth-order valence-electron chi connectivity index (χ4n) is 2.34. The smallest absolute Gasteiger partial charge is 0.250 e. The normalized spacial score (nSPS) is 11.0. The van der Waals surface area contributed by atoms with Gasteiger partial charge in [-0.05, 0) is 25.1 Å². The van der Waals surface area contributed by atoms with Crippen LogP contribution in [0, 0.1) is 12.7 Å². The van der Waals surface area contributed by atoms with Crippen LogP contribution in [0.2, 0.25) is 0 Å². The van der Waals surface area contributed by atoms with Gasteiger partial charge in [-0.3, -0.25) is 9.48 Å². The van der Waals surface area contributed by atoms with E-state index in [1.54, 1.807) is 14.0 Å². The lowest BCUT2D eigenvalue weighted by atomic mass is 10.1. The number of methoxy groups -OCH3 is 1. The van der Waals surface area contributed by atoms with Crippen molar-refractivity contribution in [2.24, 2.45) is 7.05 Å². The van der Waals surface area contributed by atoms with Crippen molar-refractivity contribution in [3.05, 3.63) is 47.2 Å². The first-order chi connectivity index (χ1) is 10.0. The third-order valence-electron chi connectivity index (χ3n) is 3.44. The zero-order chi connectivity index (χ0) is 15.1. The SMILES string of the molecule is COc1cnn(C)c1C(=O)c1oc2ccc(F)cc2c1C.